The van der Waals surface area contributed by atoms with Gasteiger partial charge in [-0.25, -0.2) is 14.6 Å². The number of aliphatic hydroxyl groups is 1. The van der Waals surface area contributed by atoms with Gasteiger partial charge in [-0.15, -0.1) is 0 Å². The van der Waals surface area contributed by atoms with Crippen LogP contribution in [0.5, 0.6) is 5.75 Å². The van der Waals surface area contributed by atoms with Crippen molar-refractivity contribution in [3.8, 4) is 17.0 Å². The van der Waals surface area contributed by atoms with Crippen molar-refractivity contribution in [2.45, 2.75) is 56.1 Å². The molecule has 2 saturated carbocycles. The first-order chi connectivity index (χ1) is 19.4. The van der Waals surface area contributed by atoms with Crippen LogP contribution >= 0.6 is 0 Å². The Morgan fingerprint density at radius 3 is 2.67 bits per heavy atom. The lowest BCUT2D eigenvalue weighted by atomic mass is 9.80. The largest absolute Gasteiger partial charge is 0.495 e. The second-order valence-corrected chi connectivity index (χ2v) is 11.0. The fourth-order valence-electron chi connectivity index (χ4n) is 6.08. The van der Waals surface area contributed by atoms with Gasteiger partial charge in [0.05, 0.1) is 29.8 Å². The molecule has 2 aliphatic carbocycles. The zero-order valence-corrected chi connectivity index (χ0v) is 22.6. The summed E-state index contributed by atoms with van der Waals surface area (Å²) in [4.78, 5) is 21.8. The molecule has 2 aromatic heterocycles. The van der Waals surface area contributed by atoms with E-state index < -0.39 is 5.60 Å². The Hall–Kier alpha value is -4.02. The number of carbonyl (C=O) groups excluding carboxylic acids is 1. The van der Waals surface area contributed by atoms with Gasteiger partial charge in [0.25, 0.3) is 0 Å². The molecule has 0 saturated heterocycles. The van der Waals surface area contributed by atoms with E-state index in [-0.39, 0.29) is 23.8 Å². The lowest BCUT2D eigenvalue weighted by Crippen LogP contribution is -2.36. The number of hydrogen-bond donors (Lipinski definition) is 4. The van der Waals surface area contributed by atoms with Crippen molar-refractivity contribution in [2.75, 3.05) is 24.7 Å². The van der Waals surface area contributed by atoms with Gasteiger partial charge < -0.3 is 26.6 Å². The van der Waals surface area contributed by atoms with E-state index in [0.717, 1.165) is 24.8 Å². The molecule has 2 fully saturated rings. The molecule has 40 heavy (non-hydrogen) atoms. The third-order valence-electron chi connectivity index (χ3n) is 8.45. The SMILES string of the molecule is COc1cc(-c2nn(C3CCC(O)(CCN)CC3)c3ncnc(N)c23)ccc1NC(=O)C1CC1c1ccccc1. The third-order valence-corrected chi connectivity index (χ3v) is 8.45. The first kappa shape index (κ1) is 26.2. The van der Waals surface area contributed by atoms with Crippen molar-refractivity contribution in [1.29, 1.82) is 0 Å². The second-order valence-electron chi connectivity index (χ2n) is 11.0. The Morgan fingerprint density at radius 2 is 1.95 bits per heavy atom. The monoisotopic (exact) mass is 541 g/mol. The van der Waals surface area contributed by atoms with Crippen LogP contribution in [0.1, 0.15) is 56.0 Å². The summed E-state index contributed by atoms with van der Waals surface area (Å²) in [5.74, 6) is 1.06. The molecule has 0 radical (unpaired) electrons. The highest BCUT2D eigenvalue weighted by Gasteiger charge is 2.44. The molecular weight excluding hydrogens is 506 g/mol. The molecule has 0 bridgehead atoms. The van der Waals surface area contributed by atoms with Gasteiger partial charge in [-0.1, -0.05) is 36.4 Å². The van der Waals surface area contributed by atoms with Crippen LogP contribution in [-0.4, -0.2) is 50.0 Å². The smallest absolute Gasteiger partial charge is 0.228 e. The first-order valence-corrected chi connectivity index (χ1v) is 13.9. The number of fused-ring (bicyclic) bond motifs is 1. The number of amides is 1. The number of nitrogens with two attached hydrogens (primary N) is 2. The van der Waals surface area contributed by atoms with Crippen LogP contribution in [0.15, 0.2) is 54.9 Å². The lowest BCUT2D eigenvalue weighted by Gasteiger charge is -2.36. The van der Waals surface area contributed by atoms with Crippen LogP contribution in [-0.2, 0) is 4.79 Å². The van der Waals surface area contributed by atoms with E-state index in [4.69, 9.17) is 21.3 Å². The number of benzene rings is 2. The van der Waals surface area contributed by atoms with Crippen LogP contribution < -0.4 is 21.5 Å². The fraction of sp³-hybridized carbons (Fsp3) is 0.400. The topological polar surface area (TPSA) is 154 Å². The Morgan fingerprint density at radius 1 is 1.18 bits per heavy atom. The molecule has 10 nitrogen and oxygen atoms in total. The van der Waals surface area contributed by atoms with Gasteiger partial charge in [0.2, 0.25) is 5.91 Å². The summed E-state index contributed by atoms with van der Waals surface area (Å²) in [7, 11) is 1.58. The molecule has 6 N–H and O–H groups in total. The number of hydrogen-bond acceptors (Lipinski definition) is 8. The van der Waals surface area contributed by atoms with E-state index in [9.17, 15) is 9.90 Å². The summed E-state index contributed by atoms with van der Waals surface area (Å²) in [5, 5.41) is 19.5. The highest BCUT2D eigenvalue weighted by molar-refractivity contribution is 6.00. The van der Waals surface area contributed by atoms with Crippen molar-refractivity contribution in [1.82, 2.24) is 19.7 Å². The van der Waals surface area contributed by atoms with Crippen LogP contribution in [0.25, 0.3) is 22.3 Å². The normalized spacial score (nSPS) is 24.1. The minimum atomic E-state index is -0.722. The maximum atomic E-state index is 13.0. The number of rotatable bonds is 8. The molecule has 0 spiro atoms. The summed E-state index contributed by atoms with van der Waals surface area (Å²) in [6.45, 7) is 0.465. The lowest BCUT2D eigenvalue weighted by molar-refractivity contribution is -0.117. The van der Waals surface area contributed by atoms with Gasteiger partial charge in [0, 0.05) is 11.5 Å². The molecule has 4 aromatic rings. The Kier molecular flexibility index (Phi) is 6.89. The van der Waals surface area contributed by atoms with Crippen molar-refractivity contribution in [3.05, 3.63) is 60.4 Å². The highest BCUT2D eigenvalue weighted by atomic mass is 16.5. The second kappa shape index (κ2) is 10.5. The van der Waals surface area contributed by atoms with Gasteiger partial charge in [-0.2, -0.15) is 5.10 Å². The van der Waals surface area contributed by atoms with Crippen molar-refractivity contribution < 1.29 is 14.6 Å². The van der Waals surface area contributed by atoms with Crippen molar-refractivity contribution in [3.63, 3.8) is 0 Å². The summed E-state index contributed by atoms with van der Waals surface area (Å²) in [5.41, 5.74) is 15.2. The predicted octanol–water partition coefficient (Wildman–Crippen LogP) is 4.02. The van der Waals surface area contributed by atoms with Gasteiger partial charge in [0.15, 0.2) is 5.65 Å². The Bertz CT molecular complexity index is 1530. The molecular formula is C30H35N7O3. The van der Waals surface area contributed by atoms with E-state index in [1.54, 1.807) is 7.11 Å². The van der Waals surface area contributed by atoms with E-state index in [1.165, 1.54) is 11.9 Å². The maximum absolute atomic E-state index is 13.0. The molecule has 6 rings (SSSR count). The minimum absolute atomic E-state index is 0.0147. The van der Waals surface area contributed by atoms with Crippen LogP contribution in [0, 0.1) is 5.92 Å². The van der Waals surface area contributed by atoms with E-state index in [2.05, 4.69) is 27.4 Å². The average Bonchev–Trinajstić information content (AvgIpc) is 3.68. The molecule has 0 aliphatic heterocycles. The van der Waals surface area contributed by atoms with Crippen LogP contribution in [0.2, 0.25) is 0 Å². The summed E-state index contributed by atoms with van der Waals surface area (Å²) >= 11 is 0. The molecule has 2 atom stereocenters. The van der Waals surface area contributed by atoms with Gasteiger partial charge in [0.1, 0.15) is 23.6 Å². The average molecular weight is 542 g/mol. The number of aromatic nitrogens is 4. The van der Waals surface area contributed by atoms with Crippen molar-refractivity contribution >= 4 is 28.4 Å². The standard InChI is InChI=1S/C30H35N7O3/c1-40-24-15-19(7-8-23(24)35-29(38)22-16-21(22)18-5-3-2-4-6-18)26-25-27(32)33-17-34-28(25)37(36-26)20-9-11-30(39,12-10-20)13-14-31/h2-8,15,17,20-22,39H,9-14,16,31H2,1H3,(H,35,38)(H2,32,33,34). The van der Waals surface area contributed by atoms with Gasteiger partial charge >= 0.3 is 0 Å². The summed E-state index contributed by atoms with van der Waals surface area (Å²) in [6, 6.07) is 15.8. The first-order valence-electron chi connectivity index (χ1n) is 13.9. The zero-order valence-electron chi connectivity index (χ0n) is 22.6. The third kappa shape index (κ3) is 4.89. The fourth-order valence-corrected chi connectivity index (χ4v) is 6.08. The molecule has 10 heteroatoms. The van der Waals surface area contributed by atoms with E-state index in [1.807, 2.05) is 41.1 Å². The van der Waals surface area contributed by atoms with E-state index in [0.29, 0.717) is 59.8 Å². The number of carbonyl (C=O) groups is 1. The zero-order chi connectivity index (χ0) is 27.9. The molecule has 2 aliphatic rings. The summed E-state index contributed by atoms with van der Waals surface area (Å²) in [6.07, 6.45) is 5.71. The molecule has 2 unspecified atom stereocenters. The summed E-state index contributed by atoms with van der Waals surface area (Å²) < 4.78 is 7.60. The van der Waals surface area contributed by atoms with Gasteiger partial charge in [-0.05, 0) is 68.7 Å². The number of nitrogens with zero attached hydrogens (tertiary/aromatic N) is 4. The minimum Gasteiger partial charge on any atom is -0.495 e. The number of nitrogens with one attached hydrogen (secondary N) is 1. The molecule has 208 valence electrons. The Balaban J connectivity index is 1.26. The predicted molar refractivity (Wildman–Crippen MR) is 154 cm³/mol. The number of ether oxygens (including phenoxy) is 1. The van der Waals surface area contributed by atoms with E-state index >= 15 is 0 Å². The molecule has 1 amide bonds. The molecule has 2 aromatic carbocycles. The number of nitrogen functional groups attached to an aromatic ring is 1. The van der Waals surface area contributed by atoms with Crippen molar-refractivity contribution in [2.24, 2.45) is 11.7 Å². The quantitative estimate of drug-likeness (QED) is 0.261. The number of anilines is 2. The molecule has 2 heterocycles. The Labute approximate surface area is 232 Å². The van der Waals surface area contributed by atoms with Crippen LogP contribution in [0.4, 0.5) is 11.5 Å². The number of methoxy groups -OCH3 is 1. The van der Waals surface area contributed by atoms with Gasteiger partial charge in [-0.3, -0.25) is 4.79 Å². The highest BCUT2D eigenvalue weighted by Crippen LogP contribution is 2.48. The maximum Gasteiger partial charge on any atom is 0.228 e. The van der Waals surface area contributed by atoms with Crippen LogP contribution in [0.3, 0.4) is 0 Å².